The number of esters is 1. The molecular weight excluding hydrogens is 338 g/mol. The van der Waals surface area contributed by atoms with Gasteiger partial charge in [0.05, 0.1) is 11.8 Å². The van der Waals surface area contributed by atoms with Crippen LogP contribution >= 0.6 is 0 Å². The zero-order chi connectivity index (χ0) is 19.3. The Labute approximate surface area is 152 Å². The first kappa shape index (κ1) is 19.8. The van der Waals surface area contributed by atoms with Crippen molar-refractivity contribution in [2.24, 2.45) is 11.8 Å². The summed E-state index contributed by atoms with van der Waals surface area (Å²) in [5, 5.41) is 9.48. The maximum absolute atomic E-state index is 12.3. The minimum atomic E-state index is -1.12. The zero-order valence-corrected chi connectivity index (χ0v) is 15.3. The summed E-state index contributed by atoms with van der Waals surface area (Å²) in [6.45, 7) is 5.49. The lowest BCUT2D eigenvalue weighted by Gasteiger charge is -2.35. The summed E-state index contributed by atoms with van der Waals surface area (Å²) in [5.41, 5.74) is 0.158. The molecule has 2 atom stereocenters. The van der Waals surface area contributed by atoms with E-state index in [1.165, 1.54) is 4.90 Å². The van der Waals surface area contributed by atoms with E-state index in [1.807, 2.05) is 30.3 Å². The van der Waals surface area contributed by atoms with Gasteiger partial charge in [0.15, 0.2) is 0 Å². The molecule has 1 aliphatic heterocycles. The summed E-state index contributed by atoms with van der Waals surface area (Å²) in [5.74, 6) is -3.45. The summed E-state index contributed by atoms with van der Waals surface area (Å²) < 4.78 is 10.6. The van der Waals surface area contributed by atoms with Gasteiger partial charge in [-0.1, -0.05) is 30.3 Å². The first-order valence-electron chi connectivity index (χ1n) is 8.58. The number of carbonyl (C=O) groups excluding carboxylic acids is 2. The predicted molar refractivity (Wildman–Crippen MR) is 93.3 cm³/mol. The minimum absolute atomic E-state index is 0.0765. The fourth-order valence-electron chi connectivity index (χ4n) is 2.84. The van der Waals surface area contributed by atoms with E-state index >= 15 is 0 Å². The van der Waals surface area contributed by atoms with Gasteiger partial charge in [-0.25, -0.2) is 4.79 Å². The van der Waals surface area contributed by atoms with Gasteiger partial charge in [-0.3, -0.25) is 9.59 Å². The van der Waals surface area contributed by atoms with E-state index in [-0.39, 0.29) is 26.1 Å². The number of nitrogens with zero attached hydrogens (tertiary/aromatic N) is 1. The van der Waals surface area contributed by atoms with Crippen molar-refractivity contribution < 1.29 is 29.0 Å². The highest BCUT2D eigenvalue weighted by atomic mass is 16.6. The quantitative estimate of drug-likeness (QED) is 0.827. The number of rotatable bonds is 4. The molecule has 0 radical (unpaired) electrons. The molecule has 0 bridgehead atoms. The lowest BCUT2D eigenvalue weighted by molar-refractivity contribution is -0.169. The van der Waals surface area contributed by atoms with Gasteiger partial charge in [-0.15, -0.1) is 0 Å². The number of aliphatic carboxylic acids is 1. The van der Waals surface area contributed by atoms with Crippen LogP contribution < -0.4 is 0 Å². The smallest absolute Gasteiger partial charge is 0.410 e. The Kier molecular flexibility index (Phi) is 6.23. The van der Waals surface area contributed by atoms with Gasteiger partial charge in [-0.05, 0) is 32.8 Å². The van der Waals surface area contributed by atoms with Crippen LogP contribution in [-0.2, 0) is 25.7 Å². The number of carboxylic acid groups (broad SMARTS) is 1. The second-order valence-corrected chi connectivity index (χ2v) is 7.36. The molecule has 1 fully saturated rings. The van der Waals surface area contributed by atoms with E-state index in [9.17, 15) is 19.5 Å². The average Bonchev–Trinajstić information content (AvgIpc) is 2.58. The van der Waals surface area contributed by atoms with Crippen LogP contribution in [0.4, 0.5) is 4.79 Å². The van der Waals surface area contributed by atoms with E-state index in [0.717, 1.165) is 5.56 Å². The van der Waals surface area contributed by atoms with Crippen molar-refractivity contribution >= 4 is 18.0 Å². The van der Waals surface area contributed by atoms with Gasteiger partial charge >= 0.3 is 18.0 Å². The molecule has 0 aliphatic carbocycles. The van der Waals surface area contributed by atoms with Crippen molar-refractivity contribution in [2.75, 3.05) is 13.1 Å². The summed E-state index contributed by atoms with van der Waals surface area (Å²) in [6.07, 6.45) is -0.352. The number of carboxylic acids is 1. The SMILES string of the molecule is CC(C)(C)OC(=O)C1CCN(C(=O)OCc2ccccc2)C[C@@H]1C(=O)O. The maximum atomic E-state index is 12.3. The summed E-state index contributed by atoms with van der Waals surface area (Å²) in [7, 11) is 0. The van der Waals surface area contributed by atoms with Crippen LogP contribution in [-0.4, -0.2) is 46.7 Å². The van der Waals surface area contributed by atoms with Crippen LogP contribution in [0.2, 0.25) is 0 Å². The molecule has 1 aromatic rings. The number of piperidine rings is 1. The molecule has 1 heterocycles. The number of carbonyl (C=O) groups is 3. The van der Waals surface area contributed by atoms with Crippen molar-refractivity contribution in [1.29, 1.82) is 0 Å². The number of ether oxygens (including phenoxy) is 2. The Hall–Kier alpha value is -2.57. The Morgan fingerprint density at radius 1 is 1.15 bits per heavy atom. The first-order valence-corrected chi connectivity index (χ1v) is 8.58. The molecule has 1 saturated heterocycles. The zero-order valence-electron chi connectivity index (χ0n) is 15.3. The van der Waals surface area contributed by atoms with E-state index in [2.05, 4.69) is 0 Å². The highest BCUT2D eigenvalue weighted by molar-refractivity contribution is 5.82. The van der Waals surface area contributed by atoms with Crippen molar-refractivity contribution in [3.8, 4) is 0 Å². The fraction of sp³-hybridized carbons (Fsp3) is 0.526. The normalized spacial score (nSPS) is 20.3. The lowest BCUT2D eigenvalue weighted by atomic mass is 9.85. The standard InChI is InChI=1S/C19H25NO6/c1-19(2,3)26-17(23)14-9-10-20(11-15(14)16(21)22)18(24)25-12-13-7-5-4-6-8-13/h4-8,14-15H,9-12H2,1-3H3,(H,21,22)/t14?,15-/m0/s1. The number of benzene rings is 1. The highest BCUT2D eigenvalue weighted by Gasteiger charge is 2.42. The second-order valence-electron chi connectivity index (χ2n) is 7.36. The molecule has 1 aromatic carbocycles. The van der Waals surface area contributed by atoms with Crippen molar-refractivity contribution in [3.05, 3.63) is 35.9 Å². The Balaban J connectivity index is 1.96. The number of amides is 1. The molecule has 1 unspecified atom stereocenters. The van der Waals surface area contributed by atoms with Crippen LogP contribution in [0.25, 0.3) is 0 Å². The third-order valence-corrected chi connectivity index (χ3v) is 4.10. The largest absolute Gasteiger partial charge is 0.481 e. The van der Waals surface area contributed by atoms with Crippen molar-refractivity contribution in [3.63, 3.8) is 0 Å². The Bertz CT molecular complexity index is 652. The molecule has 2 rings (SSSR count). The summed E-state index contributed by atoms with van der Waals surface area (Å²) in [4.78, 5) is 37.5. The predicted octanol–water partition coefficient (Wildman–Crippen LogP) is 2.69. The lowest BCUT2D eigenvalue weighted by Crippen LogP contribution is -2.49. The van der Waals surface area contributed by atoms with Gasteiger partial charge < -0.3 is 19.5 Å². The monoisotopic (exact) mass is 363 g/mol. The molecule has 142 valence electrons. The van der Waals surface area contributed by atoms with E-state index in [1.54, 1.807) is 20.8 Å². The van der Waals surface area contributed by atoms with Crippen molar-refractivity contribution in [2.45, 2.75) is 39.4 Å². The molecular formula is C19H25NO6. The van der Waals surface area contributed by atoms with Crippen LogP contribution in [0, 0.1) is 11.8 Å². The molecule has 1 amide bonds. The minimum Gasteiger partial charge on any atom is -0.481 e. The van der Waals surface area contributed by atoms with E-state index in [0.29, 0.717) is 0 Å². The van der Waals surface area contributed by atoms with Crippen LogP contribution in [0.5, 0.6) is 0 Å². The Morgan fingerprint density at radius 3 is 2.38 bits per heavy atom. The van der Waals surface area contributed by atoms with Gasteiger partial charge in [0, 0.05) is 13.1 Å². The first-order chi connectivity index (χ1) is 12.2. The molecule has 1 aliphatic rings. The molecule has 7 heteroatoms. The van der Waals surface area contributed by atoms with E-state index < -0.39 is 35.5 Å². The summed E-state index contributed by atoms with van der Waals surface area (Å²) >= 11 is 0. The maximum Gasteiger partial charge on any atom is 0.410 e. The third-order valence-electron chi connectivity index (χ3n) is 4.10. The fourth-order valence-corrected chi connectivity index (χ4v) is 2.84. The molecule has 0 spiro atoms. The third kappa shape index (κ3) is 5.47. The van der Waals surface area contributed by atoms with E-state index in [4.69, 9.17) is 9.47 Å². The summed E-state index contributed by atoms with van der Waals surface area (Å²) in [6, 6.07) is 9.22. The van der Waals surface area contributed by atoms with Gasteiger partial charge in [-0.2, -0.15) is 0 Å². The molecule has 0 saturated carbocycles. The Morgan fingerprint density at radius 2 is 1.81 bits per heavy atom. The second kappa shape index (κ2) is 8.21. The molecule has 0 aromatic heterocycles. The number of hydrogen-bond acceptors (Lipinski definition) is 5. The van der Waals surface area contributed by atoms with Crippen LogP contribution in [0.15, 0.2) is 30.3 Å². The topological polar surface area (TPSA) is 93.1 Å². The van der Waals surface area contributed by atoms with Gasteiger partial charge in [0.1, 0.15) is 12.2 Å². The molecule has 7 nitrogen and oxygen atoms in total. The molecule has 26 heavy (non-hydrogen) atoms. The van der Waals surface area contributed by atoms with Crippen LogP contribution in [0.3, 0.4) is 0 Å². The van der Waals surface area contributed by atoms with Gasteiger partial charge in [0.25, 0.3) is 0 Å². The molecule has 1 N–H and O–H groups in total. The average molecular weight is 363 g/mol. The number of hydrogen-bond donors (Lipinski definition) is 1. The van der Waals surface area contributed by atoms with Crippen molar-refractivity contribution in [1.82, 2.24) is 4.90 Å². The van der Waals surface area contributed by atoms with Crippen LogP contribution in [0.1, 0.15) is 32.8 Å². The number of likely N-dealkylation sites (tertiary alicyclic amines) is 1. The highest BCUT2D eigenvalue weighted by Crippen LogP contribution is 2.27. The van der Waals surface area contributed by atoms with Gasteiger partial charge in [0.2, 0.25) is 0 Å².